The van der Waals surface area contributed by atoms with Crippen molar-refractivity contribution in [1.82, 2.24) is 19.5 Å². The van der Waals surface area contributed by atoms with Crippen LogP contribution in [0.1, 0.15) is 0 Å². The Hall–Kier alpha value is -6.59. The number of para-hydroxylation sites is 2. The van der Waals surface area contributed by atoms with Crippen molar-refractivity contribution in [3.8, 4) is 39.9 Å². The van der Waals surface area contributed by atoms with Gasteiger partial charge in [0.05, 0.1) is 11.0 Å². The van der Waals surface area contributed by atoms with Gasteiger partial charge in [0.25, 0.3) is 0 Å². The number of aromatic nitrogens is 4. The molecule has 0 unspecified atom stereocenters. The third kappa shape index (κ3) is 4.22. The summed E-state index contributed by atoms with van der Waals surface area (Å²) in [5, 5.41) is 6.91. The van der Waals surface area contributed by atoms with E-state index in [4.69, 9.17) is 19.4 Å². The Morgan fingerprint density at radius 1 is 0.375 bits per heavy atom. The van der Waals surface area contributed by atoms with Gasteiger partial charge in [-0.05, 0) is 59.3 Å². The monoisotopic (exact) mass is 614 g/mol. The van der Waals surface area contributed by atoms with Crippen LogP contribution in [0.5, 0.6) is 0 Å². The molecule has 224 valence electrons. The first-order chi connectivity index (χ1) is 23.8. The number of furan rings is 1. The first-order valence-electron chi connectivity index (χ1n) is 16.0. The van der Waals surface area contributed by atoms with Crippen LogP contribution in [-0.4, -0.2) is 19.5 Å². The van der Waals surface area contributed by atoms with Gasteiger partial charge in [0.2, 0.25) is 0 Å². The first-order valence-corrected chi connectivity index (χ1v) is 16.0. The lowest BCUT2D eigenvalue weighted by Crippen LogP contribution is -2.00. The molecule has 48 heavy (non-hydrogen) atoms. The molecule has 0 saturated carbocycles. The lowest BCUT2D eigenvalue weighted by molar-refractivity contribution is 0.669. The molecule has 5 nitrogen and oxygen atoms in total. The Morgan fingerprint density at radius 3 is 1.73 bits per heavy atom. The molecule has 0 saturated heterocycles. The molecule has 0 atom stereocenters. The normalized spacial score (nSPS) is 11.8. The maximum absolute atomic E-state index is 6.46. The number of hydrogen-bond donors (Lipinski definition) is 0. The highest BCUT2D eigenvalue weighted by Gasteiger charge is 2.17. The highest BCUT2D eigenvalue weighted by molar-refractivity contribution is 6.10. The lowest BCUT2D eigenvalue weighted by atomic mass is 10.1. The molecule has 3 aromatic heterocycles. The topological polar surface area (TPSA) is 56.7 Å². The summed E-state index contributed by atoms with van der Waals surface area (Å²) in [5.41, 5.74) is 7.82. The number of fused-ring (bicyclic) bond motifs is 7. The minimum Gasteiger partial charge on any atom is -0.456 e. The van der Waals surface area contributed by atoms with Crippen LogP contribution in [0.4, 0.5) is 0 Å². The Bertz CT molecular complexity index is 2800. The van der Waals surface area contributed by atoms with Gasteiger partial charge < -0.3 is 8.98 Å². The molecule has 0 aliphatic carbocycles. The van der Waals surface area contributed by atoms with Crippen LogP contribution >= 0.6 is 0 Å². The van der Waals surface area contributed by atoms with Gasteiger partial charge in [-0.15, -0.1) is 0 Å². The number of rotatable bonds is 4. The van der Waals surface area contributed by atoms with Crippen LogP contribution in [0.25, 0.3) is 94.4 Å². The molecule has 10 aromatic rings. The smallest absolute Gasteiger partial charge is 0.164 e. The van der Waals surface area contributed by atoms with Crippen molar-refractivity contribution < 1.29 is 4.42 Å². The van der Waals surface area contributed by atoms with E-state index in [1.807, 2.05) is 36.4 Å². The Balaban J connectivity index is 1.12. The van der Waals surface area contributed by atoms with E-state index in [9.17, 15) is 0 Å². The molecule has 7 aromatic carbocycles. The second-order valence-corrected chi connectivity index (χ2v) is 12.1. The van der Waals surface area contributed by atoms with E-state index in [1.54, 1.807) is 0 Å². The summed E-state index contributed by atoms with van der Waals surface area (Å²) in [4.78, 5) is 14.9. The van der Waals surface area contributed by atoms with Gasteiger partial charge >= 0.3 is 0 Å². The van der Waals surface area contributed by atoms with Crippen molar-refractivity contribution in [2.45, 2.75) is 0 Å². The zero-order valence-corrected chi connectivity index (χ0v) is 25.7. The van der Waals surface area contributed by atoms with E-state index in [2.05, 4.69) is 126 Å². The Kier molecular flexibility index (Phi) is 5.81. The van der Waals surface area contributed by atoms with Crippen LogP contribution in [0, 0.1) is 0 Å². The molecule has 0 aliphatic rings. The Morgan fingerprint density at radius 2 is 0.979 bits per heavy atom. The van der Waals surface area contributed by atoms with Crippen molar-refractivity contribution in [1.29, 1.82) is 0 Å². The predicted octanol–water partition coefficient (Wildman–Crippen LogP) is 11.0. The van der Waals surface area contributed by atoms with Gasteiger partial charge in [-0.2, -0.15) is 0 Å². The molecule has 0 spiro atoms. The van der Waals surface area contributed by atoms with Crippen LogP contribution in [0.3, 0.4) is 0 Å². The van der Waals surface area contributed by atoms with Gasteiger partial charge in [-0.1, -0.05) is 109 Å². The molecule has 0 aliphatic heterocycles. The second-order valence-electron chi connectivity index (χ2n) is 12.1. The van der Waals surface area contributed by atoms with Crippen molar-refractivity contribution in [3.05, 3.63) is 158 Å². The van der Waals surface area contributed by atoms with E-state index in [1.165, 1.54) is 27.2 Å². The molecule has 0 radical (unpaired) electrons. The third-order valence-corrected chi connectivity index (χ3v) is 9.23. The van der Waals surface area contributed by atoms with E-state index in [-0.39, 0.29) is 0 Å². The summed E-state index contributed by atoms with van der Waals surface area (Å²) in [7, 11) is 0. The predicted molar refractivity (Wildman–Crippen MR) is 195 cm³/mol. The fraction of sp³-hybridized carbons (Fsp3) is 0. The van der Waals surface area contributed by atoms with Gasteiger partial charge in [0.1, 0.15) is 11.2 Å². The summed E-state index contributed by atoms with van der Waals surface area (Å²) >= 11 is 0. The molecule has 0 fully saturated rings. The summed E-state index contributed by atoms with van der Waals surface area (Å²) in [6, 6.07) is 54.6. The quantitative estimate of drug-likeness (QED) is 0.198. The highest BCUT2D eigenvalue weighted by atomic mass is 16.3. The first kappa shape index (κ1) is 26.6. The fourth-order valence-corrected chi connectivity index (χ4v) is 6.92. The molecule has 0 N–H and O–H groups in total. The Labute approximate surface area is 275 Å². The summed E-state index contributed by atoms with van der Waals surface area (Å²) in [6.45, 7) is 0. The van der Waals surface area contributed by atoms with Crippen molar-refractivity contribution in [2.75, 3.05) is 0 Å². The van der Waals surface area contributed by atoms with Gasteiger partial charge in [0.15, 0.2) is 17.5 Å². The number of hydrogen-bond acceptors (Lipinski definition) is 4. The highest BCUT2D eigenvalue weighted by Crippen LogP contribution is 2.37. The van der Waals surface area contributed by atoms with Crippen LogP contribution in [0.2, 0.25) is 0 Å². The molecule has 5 heteroatoms. The standard InChI is InChI=1S/C43H26N4O/c1-2-11-28(12-3-1)41-44-42(30-19-18-27-10-4-5-13-29(27)24-30)46-43(45-41)31-20-22-35-36-26-32(21-23-39(36)48-40(35)25-31)47-37-16-8-6-14-33(37)34-15-7-9-17-38(34)47/h1-26H. The molecule has 0 bridgehead atoms. The molecular formula is C43H26N4O. The second kappa shape index (κ2) is 10.5. The van der Waals surface area contributed by atoms with Gasteiger partial charge in [-0.25, -0.2) is 15.0 Å². The minimum atomic E-state index is 0.598. The largest absolute Gasteiger partial charge is 0.456 e. The summed E-state index contributed by atoms with van der Waals surface area (Å²) in [6.07, 6.45) is 0. The van der Waals surface area contributed by atoms with Crippen LogP contribution in [0.15, 0.2) is 162 Å². The summed E-state index contributed by atoms with van der Waals surface area (Å²) in [5.74, 6) is 1.86. The van der Waals surface area contributed by atoms with Gasteiger partial charge in [0, 0.05) is 43.9 Å². The zero-order chi connectivity index (χ0) is 31.6. The van der Waals surface area contributed by atoms with Crippen molar-refractivity contribution in [3.63, 3.8) is 0 Å². The van der Waals surface area contributed by atoms with E-state index >= 15 is 0 Å². The summed E-state index contributed by atoms with van der Waals surface area (Å²) < 4.78 is 8.79. The average Bonchev–Trinajstić information content (AvgIpc) is 3.69. The van der Waals surface area contributed by atoms with Crippen LogP contribution < -0.4 is 0 Å². The maximum atomic E-state index is 6.46. The van der Waals surface area contributed by atoms with E-state index < -0.39 is 0 Å². The molecular weight excluding hydrogens is 589 g/mol. The van der Waals surface area contributed by atoms with Crippen molar-refractivity contribution >= 4 is 54.5 Å². The zero-order valence-electron chi connectivity index (χ0n) is 25.7. The molecule has 10 rings (SSSR count). The lowest BCUT2D eigenvalue weighted by Gasteiger charge is -2.09. The minimum absolute atomic E-state index is 0.598. The fourth-order valence-electron chi connectivity index (χ4n) is 6.92. The van der Waals surface area contributed by atoms with Crippen LogP contribution in [-0.2, 0) is 0 Å². The number of benzene rings is 7. The molecule has 0 amide bonds. The van der Waals surface area contributed by atoms with Crippen molar-refractivity contribution in [2.24, 2.45) is 0 Å². The van der Waals surface area contributed by atoms with E-state index in [0.29, 0.717) is 17.5 Å². The SMILES string of the molecule is c1ccc(-c2nc(-c3ccc4ccccc4c3)nc(-c3ccc4c(c3)oc3ccc(-n5c6ccccc6c6ccccc65)cc34)n2)cc1. The van der Waals surface area contributed by atoms with Gasteiger partial charge in [-0.3, -0.25) is 0 Å². The maximum Gasteiger partial charge on any atom is 0.164 e. The third-order valence-electron chi connectivity index (χ3n) is 9.23. The number of nitrogens with zero attached hydrogens (tertiary/aromatic N) is 4. The van der Waals surface area contributed by atoms with E-state index in [0.717, 1.165) is 49.7 Å². The molecule has 3 heterocycles. The average molecular weight is 615 g/mol.